The van der Waals surface area contributed by atoms with Crippen molar-refractivity contribution in [2.24, 2.45) is 5.14 Å². The summed E-state index contributed by atoms with van der Waals surface area (Å²) in [7, 11) is -3.68. The maximum Gasteiger partial charge on any atom is 0.238 e. The molecule has 0 aromatic heterocycles. The van der Waals surface area contributed by atoms with Crippen LogP contribution in [0.15, 0.2) is 45.8 Å². The van der Waals surface area contributed by atoms with E-state index < -0.39 is 10.0 Å². The van der Waals surface area contributed by atoms with Gasteiger partial charge in [0.25, 0.3) is 0 Å². The Balaban J connectivity index is 2.15. The molecule has 0 aliphatic heterocycles. The van der Waals surface area contributed by atoms with Gasteiger partial charge in [-0.3, -0.25) is 0 Å². The highest BCUT2D eigenvalue weighted by Crippen LogP contribution is 2.34. The van der Waals surface area contributed by atoms with Gasteiger partial charge in [-0.2, -0.15) is 0 Å². The highest BCUT2D eigenvalue weighted by molar-refractivity contribution is 9.10. The number of ether oxygens (including phenoxy) is 2. The van der Waals surface area contributed by atoms with Gasteiger partial charge < -0.3 is 14.8 Å². The van der Waals surface area contributed by atoms with E-state index in [-0.39, 0.29) is 4.90 Å². The van der Waals surface area contributed by atoms with Crippen molar-refractivity contribution >= 4 is 31.6 Å². The second kappa shape index (κ2) is 8.55. The molecule has 2 aromatic carbocycles. The largest absolute Gasteiger partial charge is 0.490 e. The minimum atomic E-state index is -3.68. The number of halogens is 1. The summed E-state index contributed by atoms with van der Waals surface area (Å²) in [6.45, 7) is 5.47. The first kappa shape index (κ1) is 19.6. The average molecular weight is 429 g/mol. The average Bonchev–Trinajstić information content (AvgIpc) is 2.56. The molecule has 0 saturated carbocycles. The molecule has 3 N–H and O–H groups in total. The Morgan fingerprint density at radius 1 is 1.04 bits per heavy atom. The quantitative estimate of drug-likeness (QED) is 0.670. The first-order chi connectivity index (χ1) is 11.8. The molecule has 0 atom stereocenters. The maximum atomic E-state index is 11.3. The van der Waals surface area contributed by atoms with Crippen LogP contribution in [0.4, 0.5) is 5.69 Å². The zero-order chi connectivity index (χ0) is 18.4. The highest BCUT2D eigenvalue weighted by atomic mass is 79.9. The molecule has 0 fully saturated rings. The summed E-state index contributed by atoms with van der Waals surface area (Å²) in [5.41, 5.74) is 1.77. The van der Waals surface area contributed by atoms with Gasteiger partial charge in [-0.25, -0.2) is 13.6 Å². The Labute approximate surface area is 156 Å². The number of sulfonamides is 1. The van der Waals surface area contributed by atoms with Crippen molar-refractivity contribution < 1.29 is 17.9 Å². The third kappa shape index (κ3) is 5.35. The molecule has 0 aliphatic carbocycles. The van der Waals surface area contributed by atoms with Crippen molar-refractivity contribution in [3.8, 4) is 11.5 Å². The summed E-state index contributed by atoms with van der Waals surface area (Å²) in [6, 6.07) is 10.1. The monoisotopic (exact) mass is 428 g/mol. The van der Waals surface area contributed by atoms with E-state index in [0.29, 0.717) is 31.3 Å². The molecule has 0 spiro atoms. The summed E-state index contributed by atoms with van der Waals surface area (Å²) < 4.78 is 34.7. The van der Waals surface area contributed by atoms with Crippen molar-refractivity contribution in [3.05, 3.63) is 46.4 Å². The summed E-state index contributed by atoms with van der Waals surface area (Å²) in [4.78, 5) is 0.0823. The standard InChI is InChI=1S/C17H21BrN2O4S/c1-3-23-16-9-12(15(18)10-17(16)24-4-2)11-20-13-5-7-14(8-6-13)25(19,21)22/h5-10,20H,3-4,11H2,1-2H3,(H2,19,21,22). The van der Waals surface area contributed by atoms with Crippen molar-refractivity contribution in [1.29, 1.82) is 0 Å². The minimum absolute atomic E-state index is 0.0823. The summed E-state index contributed by atoms with van der Waals surface area (Å²) >= 11 is 3.54. The van der Waals surface area contributed by atoms with Crippen LogP contribution in [0.5, 0.6) is 11.5 Å². The van der Waals surface area contributed by atoms with Crippen LogP contribution < -0.4 is 19.9 Å². The first-order valence-corrected chi connectivity index (χ1v) is 10.1. The van der Waals surface area contributed by atoms with Crippen LogP contribution in [0.2, 0.25) is 0 Å². The lowest BCUT2D eigenvalue weighted by atomic mass is 10.2. The van der Waals surface area contributed by atoms with E-state index in [1.54, 1.807) is 12.1 Å². The molecule has 0 heterocycles. The van der Waals surface area contributed by atoms with E-state index in [1.807, 2.05) is 26.0 Å². The normalized spacial score (nSPS) is 11.2. The lowest BCUT2D eigenvalue weighted by molar-refractivity contribution is 0.287. The van der Waals surface area contributed by atoms with Gasteiger partial charge in [-0.15, -0.1) is 0 Å². The number of rotatable bonds is 8. The second-order valence-corrected chi connectivity index (χ2v) is 7.60. The summed E-state index contributed by atoms with van der Waals surface area (Å²) in [5, 5.41) is 8.33. The number of benzene rings is 2. The Kier molecular flexibility index (Phi) is 6.69. The van der Waals surface area contributed by atoms with Gasteiger partial charge in [0.2, 0.25) is 10.0 Å². The van der Waals surface area contributed by atoms with Crippen molar-refractivity contribution in [3.63, 3.8) is 0 Å². The van der Waals surface area contributed by atoms with Crippen molar-refractivity contribution in [1.82, 2.24) is 0 Å². The molecule has 0 aliphatic rings. The molecule has 0 amide bonds. The molecule has 25 heavy (non-hydrogen) atoms. The van der Waals surface area contributed by atoms with Gasteiger partial charge in [0, 0.05) is 16.7 Å². The fourth-order valence-corrected chi connectivity index (χ4v) is 3.19. The summed E-state index contributed by atoms with van der Waals surface area (Å²) in [5.74, 6) is 1.38. The van der Waals surface area contributed by atoms with Crippen molar-refractivity contribution in [2.45, 2.75) is 25.3 Å². The Bertz CT molecular complexity index is 823. The number of hydrogen-bond acceptors (Lipinski definition) is 5. The zero-order valence-electron chi connectivity index (χ0n) is 14.1. The van der Waals surface area contributed by atoms with Crippen LogP contribution in [0.1, 0.15) is 19.4 Å². The SMILES string of the molecule is CCOc1cc(Br)c(CNc2ccc(S(N)(=O)=O)cc2)cc1OCC. The number of nitrogens with two attached hydrogens (primary N) is 1. The van der Waals surface area contributed by atoms with Crippen LogP contribution in [0.25, 0.3) is 0 Å². The molecule has 0 radical (unpaired) electrons. The van der Waals surface area contributed by atoms with Crippen LogP contribution in [0.3, 0.4) is 0 Å². The molecular formula is C17H21BrN2O4S. The van der Waals surface area contributed by atoms with E-state index in [1.165, 1.54) is 12.1 Å². The molecule has 2 rings (SSSR count). The smallest absolute Gasteiger partial charge is 0.238 e. The maximum absolute atomic E-state index is 11.3. The van der Waals surface area contributed by atoms with Gasteiger partial charge in [0.1, 0.15) is 0 Å². The van der Waals surface area contributed by atoms with E-state index in [4.69, 9.17) is 14.6 Å². The minimum Gasteiger partial charge on any atom is -0.490 e. The Hall–Kier alpha value is -1.77. The number of nitrogens with one attached hydrogen (secondary N) is 1. The van der Waals surface area contributed by atoms with Gasteiger partial charge in [-0.1, -0.05) is 15.9 Å². The third-order valence-corrected chi connectivity index (χ3v) is 5.05. The van der Waals surface area contributed by atoms with E-state index in [2.05, 4.69) is 21.2 Å². The van der Waals surface area contributed by atoms with E-state index in [9.17, 15) is 8.42 Å². The molecule has 0 bridgehead atoms. The van der Waals surface area contributed by atoms with Crippen molar-refractivity contribution in [2.75, 3.05) is 18.5 Å². The Morgan fingerprint density at radius 2 is 1.60 bits per heavy atom. The predicted molar refractivity (Wildman–Crippen MR) is 102 cm³/mol. The lowest BCUT2D eigenvalue weighted by Gasteiger charge is -2.15. The Morgan fingerprint density at radius 3 is 2.12 bits per heavy atom. The fourth-order valence-electron chi connectivity index (χ4n) is 2.21. The number of anilines is 1. The zero-order valence-corrected chi connectivity index (χ0v) is 16.5. The molecule has 136 valence electrons. The van der Waals surface area contributed by atoms with Gasteiger partial charge in [-0.05, 0) is 55.8 Å². The number of primary sulfonamides is 1. The summed E-state index contributed by atoms with van der Waals surface area (Å²) in [6.07, 6.45) is 0. The highest BCUT2D eigenvalue weighted by Gasteiger charge is 2.11. The molecule has 8 heteroatoms. The van der Waals surface area contributed by atoms with Crippen LogP contribution in [0, 0.1) is 0 Å². The topological polar surface area (TPSA) is 90.6 Å². The molecule has 0 saturated heterocycles. The fraction of sp³-hybridized carbons (Fsp3) is 0.294. The predicted octanol–water partition coefficient (Wildman–Crippen LogP) is 3.51. The molecule has 6 nitrogen and oxygen atoms in total. The van der Waals surface area contributed by atoms with Gasteiger partial charge >= 0.3 is 0 Å². The van der Waals surface area contributed by atoms with Crippen LogP contribution in [-0.4, -0.2) is 21.6 Å². The third-order valence-electron chi connectivity index (χ3n) is 3.38. The van der Waals surface area contributed by atoms with Crippen LogP contribution in [-0.2, 0) is 16.6 Å². The molecule has 2 aromatic rings. The van der Waals surface area contributed by atoms with Gasteiger partial charge in [0.15, 0.2) is 11.5 Å². The lowest BCUT2D eigenvalue weighted by Crippen LogP contribution is -2.12. The van der Waals surface area contributed by atoms with Gasteiger partial charge in [0.05, 0.1) is 18.1 Å². The molecular weight excluding hydrogens is 408 g/mol. The van der Waals surface area contributed by atoms with E-state index >= 15 is 0 Å². The van der Waals surface area contributed by atoms with Crippen LogP contribution >= 0.6 is 15.9 Å². The first-order valence-electron chi connectivity index (χ1n) is 7.80. The second-order valence-electron chi connectivity index (χ2n) is 5.18. The van der Waals surface area contributed by atoms with E-state index in [0.717, 1.165) is 15.7 Å². The molecule has 0 unspecified atom stereocenters. The number of hydrogen-bond donors (Lipinski definition) is 2.